The molecule has 0 radical (unpaired) electrons. The molecule has 0 aromatic rings. The van der Waals surface area contributed by atoms with Gasteiger partial charge in [0.1, 0.15) is 0 Å². The van der Waals surface area contributed by atoms with Crippen molar-refractivity contribution in [2.24, 2.45) is 5.92 Å². The molecule has 4 nitrogen and oxygen atoms in total. The van der Waals surface area contributed by atoms with Crippen LogP contribution in [-0.2, 0) is 4.79 Å². The third kappa shape index (κ3) is 3.84. The van der Waals surface area contributed by atoms with Gasteiger partial charge in [-0.2, -0.15) is 0 Å². The van der Waals surface area contributed by atoms with Gasteiger partial charge in [-0.15, -0.1) is 0 Å². The van der Waals surface area contributed by atoms with Crippen LogP contribution in [-0.4, -0.2) is 29.1 Å². The summed E-state index contributed by atoms with van der Waals surface area (Å²) >= 11 is 5.16. The molecule has 0 bridgehead atoms. The molecule has 1 saturated carbocycles. The van der Waals surface area contributed by atoms with E-state index in [1.165, 1.54) is 0 Å². The van der Waals surface area contributed by atoms with E-state index in [2.05, 4.69) is 29.8 Å². The molecule has 2 aliphatic rings. The zero-order valence-corrected chi connectivity index (χ0v) is 13.4. The van der Waals surface area contributed by atoms with Crippen LogP contribution in [0.1, 0.15) is 58.8 Å². The van der Waals surface area contributed by atoms with Crippen molar-refractivity contribution in [3.05, 3.63) is 0 Å². The van der Waals surface area contributed by atoms with Gasteiger partial charge in [-0.3, -0.25) is 4.79 Å². The average Bonchev–Trinajstić information content (AvgIpc) is 2.79. The van der Waals surface area contributed by atoms with Crippen LogP contribution < -0.4 is 16.0 Å². The molecule has 0 spiro atoms. The minimum Gasteiger partial charge on any atom is -0.358 e. The first-order valence-electron chi connectivity index (χ1n) is 8.01. The lowest BCUT2D eigenvalue weighted by molar-refractivity contribution is -0.126. The number of carbonyl (C=O) groups excluding carboxylic acids is 1. The van der Waals surface area contributed by atoms with Gasteiger partial charge in [-0.05, 0) is 44.3 Å². The predicted octanol–water partition coefficient (Wildman–Crippen LogP) is 2.09. The second kappa shape index (κ2) is 7.25. The number of unbranched alkanes of at least 4 members (excludes halogenated alkanes) is 1. The second-order valence-electron chi connectivity index (χ2n) is 6.10. The van der Waals surface area contributed by atoms with E-state index >= 15 is 0 Å². The molecule has 1 aliphatic carbocycles. The SMILES string of the molecule is CCCCC(CC)C(=O)NC1CCC2NC(=S)NC2C1. The summed E-state index contributed by atoms with van der Waals surface area (Å²) in [5.41, 5.74) is 0. The first kappa shape index (κ1) is 15.5. The zero-order chi connectivity index (χ0) is 14.5. The van der Waals surface area contributed by atoms with Gasteiger partial charge in [0.25, 0.3) is 0 Å². The van der Waals surface area contributed by atoms with E-state index in [1.54, 1.807) is 0 Å². The first-order valence-corrected chi connectivity index (χ1v) is 8.42. The standard InChI is InChI=1S/C15H27N3OS/c1-3-5-6-10(4-2)14(19)16-11-7-8-12-13(9-11)18-15(20)17-12/h10-13H,3-9H2,1-2H3,(H,16,19)(H2,17,18,20). The molecule has 20 heavy (non-hydrogen) atoms. The monoisotopic (exact) mass is 297 g/mol. The lowest BCUT2D eigenvalue weighted by atomic mass is 9.87. The van der Waals surface area contributed by atoms with Gasteiger partial charge in [-0.25, -0.2) is 0 Å². The number of hydrogen-bond donors (Lipinski definition) is 3. The Morgan fingerprint density at radius 3 is 2.80 bits per heavy atom. The Balaban J connectivity index is 1.81. The highest BCUT2D eigenvalue weighted by Crippen LogP contribution is 2.23. The smallest absolute Gasteiger partial charge is 0.223 e. The van der Waals surface area contributed by atoms with Gasteiger partial charge in [0.15, 0.2) is 5.11 Å². The van der Waals surface area contributed by atoms with Crippen molar-refractivity contribution >= 4 is 23.2 Å². The molecule has 5 heteroatoms. The van der Waals surface area contributed by atoms with Crippen molar-refractivity contribution in [2.45, 2.75) is 76.9 Å². The first-order chi connectivity index (χ1) is 9.63. The van der Waals surface area contributed by atoms with Crippen molar-refractivity contribution in [1.82, 2.24) is 16.0 Å². The Kier molecular flexibility index (Phi) is 5.64. The number of fused-ring (bicyclic) bond motifs is 1. The molecule has 0 aromatic heterocycles. The second-order valence-corrected chi connectivity index (χ2v) is 6.50. The lowest BCUT2D eigenvalue weighted by Crippen LogP contribution is -2.49. The molecule has 2 rings (SSSR count). The van der Waals surface area contributed by atoms with Crippen LogP contribution in [0.3, 0.4) is 0 Å². The topological polar surface area (TPSA) is 53.2 Å². The summed E-state index contributed by atoms with van der Waals surface area (Å²) in [5, 5.41) is 10.6. The fourth-order valence-corrected chi connectivity index (χ4v) is 3.61. The van der Waals surface area contributed by atoms with Crippen molar-refractivity contribution < 1.29 is 4.79 Å². The average molecular weight is 297 g/mol. The Labute approximate surface area is 127 Å². The van der Waals surface area contributed by atoms with E-state index < -0.39 is 0 Å². The van der Waals surface area contributed by atoms with Gasteiger partial charge < -0.3 is 16.0 Å². The van der Waals surface area contributed by atoms with E-state index in [0.29, 0.717) is 18.1 Å². The van der Waals surface area contributed by atoms with Gasteiger partial charge in [0.2, 0.25) is 5.91 Å². The van der Waals surface area contributed by atoms with Crippen LogP contribution in [0.5, 0.6) is 0 Å². The number of hydrogen-bond acceptors (Lipinski definition) is 2. The summed E-state index contributed by atoms with van der Waals surface area (Å²) in [6.45, 7) is 4.28. The highest BCUT2D eigenvalue weighted by molar-refractivity contribution is 7.80. The van der Waals surface area contributed by atoms with E-state index in [0.717, 1.165) is 50.1 Å². The Morgan fingerprint density at radius 2 is 2.10 bits per heavy atom. The van der Waals surface area contributed by atoms with Crippen molar-refractivity contribution in [1.29, 1.82) is 0 Å². The van der Waals surface area contributed by atoms with E-state index in [9.17, 15) is 4.79 Å². The molecular formula is C15H27N3OS. The molecule has 1 saturated heterocycles. The molecule has 0 aromatic carbocycles. The van der Waals surface area contributed by atoms with Crippen LogP contribution in [0.15, 0.2) is 0 Å². The summed E-state index contributed by atoms with van der Waals surface area (Å²) in [5.74, 6) is 0.432. The minimum absolute atomic E-state index is 0.184. The maximum Gasteiger partial charge on any atom is 0.223 e. The van der Waals surface area contributed by atoms with Crippen molar-refractivity contribution in [2.75, 3.05) is 0 Å². The highest BCUT2D eigenvalue weighted by Gasteiger charge is 2.36. The number of carbonyl (C=O) groups is 1. The number of rotatable bonds is 6. The summed E-state index contributed by atoms with van der Waals surface area (Å²) in [6, 6.07) is 1.14. The maximum atomic E-state index is 12.3. The molecule has 1 heterocycles. The molecule has 114 valence electrons. The minimum atomic E-state index is 0.184. The normalized spacial score (nSPS) is 30.1. The zero-order valence-electron chi connectivity index (χ0n) is 12.6. The fourth-order valence-electron chi connectivity index (χ4n) is 3.30. The molecule has 2 fully saturated rings. The largest absolute Gasteiger partial charge is 0.358 e. The number of amides is 1. The van der Waals surface area contributed by atoms with Gasteiger partial charge in [0, 0.05) is 18.0 Å². The highest BCUT2D eigenvalue weighted by atomic mass is 32.1. The molecule has 1 amide bonds. The molecule has 3 N–H and O–H groups in total. The van der Waals surface area contributed by atoms with E-state index in [-0.39, 0.29) is 11.8 Å². The quantitative estimate of drug-likeness (QED) is 0.657. The fraction of sp³-hybridized carbons (Fsp3) is 0.867. The van der Waals surface area contributed by atoms with Crippen LogP contribution >= 0.6 is 12.2 Å². The summed E-state index contributed by atoms with van der Waals surface area (Å²) in [6.07, 6.45) is 7.36. The third-order valence-corrected chi connectivity index (χ3v) is 4.84. The lowest BCUT2D eigenvalue weighted by Gasteiger charge is -2.32. The van der Waals surface area contributed by atoms with E-state index in [4.69, 9.17) is 12.2 Å². The summed E-state index contributed by atoms with van der Waals surface area (Å²) in [4.78, 5) is 12.3. The van der Waals surface area contributed by atoms with Crippen LogP contribution in [0.2, 0.25) is 0 Å². The molecular weight excluding hydrogens is 270 g/mol. The Hall–Kier alpha value is -0.840. The third-order valence-electron chi connectivity index (χ3n) is 4.60. The summed E-state index contributed by atoms with van der Waals surface area (Å²) < 4.78 is 0. The number of nitrogens with one attached hydrogen (secondary N) is 3. The van der Waals surface area contributed by atoms with Crippen LogP contribution in [0, 0.1) is 5.92 Å². The van der Waals surface area contributed by atoms with Crippen molar-refractivity contribution in [3.8, 4) is 0 Å². The number of thiocarbonyl (C=S) groups is 1. The van der Waals surface area contributed by atoms with Crippen molar-refractivity contribution in [3.63, 3.8) is 0 Å². The van der Waals surface area contributed by atoms with Gasteiger partial charge in [0.05, 0.1) is 6.04 Å². The van der Waals surface area contributed by atoms with Crippen LogP contribution in [0.4, 0.5) is 0 Å². The Bertz CT molecular complexity index is 361. The molecule has 4 unspecified atom stereocenters. The van der Waals surface area contributed by atoms with Gasteiger partial charge in [-0.1, -0.05) is 26.7 Å². The Morgan fingerprint density at radius 1 is 1.35 bits per heavy atom. The predicted molar refractivity (Wildman–Crippen MR) is 85.5 cm³/mol. The molecule has 4 atom stereocenters. The molecule has 1 aliphatic heterocycles. The van der Waals surface area contributed by atoms with Crippen LogP contribution in [0.25, 0.3) is 0 Å². The van der Waals surface area contributed by atoms with Gasteiger partial charge >= 0.3 is 0 Å². The maximum absolute atomic E-state index is 12.3. The van der Waals surface area contributed by atoms with E-state index in [1.807, 2.05) is 0 Å². The summed E-state index contributed by atoms with van der Waals surface area (Å²) in [7, 11) is 0.